The van der Waals surface area contributed by atoms with Crippen LogP contribution in [-0.4, -0.2) is 135 Å². The summed E-state index contributed by atoms with van der Waals surface area (Å²) in [6, 6.07) is 6.36. The number of hydrogen-bond acceptors (Lipinski definition) is 13. The molecule has 24 nitrogen and oxygen atoms in total. The molecule has 412 valence electrons. The van der Waals surface area contributed by atoms with Gasteiger partial charge in [0.1, 0.15) is 42.3 Å². The van der Waals surface area contributed by atoms with E-state index >= 15 is 0 Å². The lowest BCUT2D eigenvalue weighted by molar-refractivity contribution is -0.135. The molecule has 8 atom stereocenters. The molecular formula is C51H72N14O10S. The second-order valence-electron chi connectivity index (χ2n) is 19.4. The maximum absolute atomic E-state index is 14.1. The zero-order chi connectivity index (χ0) is 56.1. The minimum atomic E-state index is -1.36. The fraction of sp³-hybridized carbons (Fsp3) is 0.471. The number of carbonyl (C=O) groups is 10. The number of imidazole rings is 1. The van der Waals surface area contributed by atoms with Crippen molar-refractivity contribution in [2.45, 2.75) is 128 Å². The molecule has 16 N–H and O–H groups in total. The fourth-order valence-corrected chi connectivity index (χ4v) is 8.25. The topological polar surface area (TPSA) is 389 Å². The zero-order valence-corrected chi connectivity index (χ0v) is 44.2. The zero-order valence-electron chi connectivity index (χ0n) is 43.3. The Hall–Kier alpha value is -7.80. The van der Waals surface area contributed by atoms with Gasteiger partial charge in [0.2, 0.25) is 59.1 Å². The van der Waals surface area contributed by atoms with Crippen molar-refractivity contribution < 1.29 is 47.9 Å². The number of fused-ring (bicyclic) bond motifs is 1. The standard InChI is InChI=1S/C51H72N14O10S/c1-27(2)17-37(44(54)68)62-50(74)38(18-28(3)4)63-51(75)40(21-32-23-55-26-58-32)60-43(67)24-57-47(71)41(25-76)65-45(69)29(5)59-49(73)39(20-31-22-56-35-14-10-9-13-33(31)35)64-48(72)36(15-16-42(53)66)61-46(70)34(52)19-30-11-7-6-8-12-30/h6-14,22-23,26-29,34,36-41,56,76H,15-21,24-25,52H2,1-5H3,(H2,53,66)(H2,54,68)(H,55,58)(H,57,71)(H,59,73)(H,60,67)(H,61,70)(H,62,74)(H,63,75)(H,64,72)(H,65,69)/t29-,34+,36-,37-,38-,39-,40-,41-/m0/s1. The molecule has 0 unspecified atom stereocenters. The summed E-state index contributed by atoms with van der Waals surface area (Å²) >= 11 is 4.22. The van der Waals surface area contributed by atoms with Crippen LogP contribution in [0.1, 0.15) is 77.1 Å². The van der Waals surface area contributed by atoms with Gasteiger partial charge in [0.25, 0.3) is 0 Å². The van der Waals surface area contributed by atoms with Crippen LogP contribution >= 0.6 is 12.6 Å². The first-order valence-electron chi connectivity index (χ1n) is 24.9. The average molecular weight is 1070 g/mol. The van der Waals surface area contributed by atoms with Crippen molar-refractivity contribution in [1.29, 1.82) is 0 Å². The van der Waals surface area contributed by atoms with Gasteiger partial charge in [0.05, 0.1) is 18.9 Å². The van der Waals surface area contributed by atoms with Gasteiger partial charge >= 0.3 is 0 Å². The molecule has 4 rings (SSSR count). The van der Waals surface area contributed by atoms with Gasteiger partial charge in [-0.05, 0) is 61.6 Å². The first-order valence-corrected chi connectivity index (χ1v) is 25.6. The lowest BCUT2D eigenvalue weighted by Crippen LogP contribution is -2.59. The molecule has 2 aromatic carbocycles. The lowest BCUT2D eigenvalue weighted by atomic mass is 9.99. The molecular weight excluding hydrogens is 1000 g/mol. The molecule has 0 radical (unpaired) electrons. The van der Waals surface area contributed by atoms with Crippen LogP contribution in [0.15, 0.2) is 73.3 Å². The van der Waals surface area contributed by atoms with Gasteiger partial charge in [-0.25, -0.2) is 4.98 Å². The van der Waals surface area contributed by atoms with Crippen LogP contribution in [0.25, 0.3) is 10.9 Å². The van der Waals surface area contributed by atoms with E-state index in [-0.39, 0.29) is 62.5 Å². The van der Waals surface area contributed by atoms with E-state index in [0.29, 0.717) is 11.3 Å². The molecule has 2 aromatic heterocycles. The summed E-state index contributed by atoms with van der Waals surface area (Å²) in [5.41, 5.74) is 19.8. The number of rotatable bonds is 31. The van der Waals surface area contributed by atoms with Crippen molar-refractivity contribution >= 4 is 82.6 Å². The number of amides is 10. The normalized spacial score (nSPS) is 14.4. The predicted molar refractivity (Wildman–Crippen MR) is 285 cm³/mol. The van der Waals surface area contributed by atoms with Gasteiger partial charge < -0.3 is 69.7 Å². The van der Waals surface area contributed by atoms with Gasteiger partial charge in [-0.1, -0.05) is 76.2 Å². The molecule has 4 aromatic rings. The number of thiol groups is 1. The third-order valence-corrected chi connectivity index (χ3v) is 12.4. The molecule has 0 aliphatic heterocycles. The Morgan fingerprint density at radius 2 is 1.16 bits per heavy atom. The summed E-state index contributed by atoms with van der Waals surface area (Å²) < 4.78 is 0. The molecule has 76 heavy (non-hydrogen) atoms. The van der Waals surface area contributed by atoms with E-state index in [1.165, 1.54) is 19.4 Å². The smallest absolute Gasteiger partial charge is 0.243 e. The van der Waals surface area contributed by atoms with E-state index in [0.717, 1.165) is 16.5 Å². The monoisotopic (exact) mass is 1070 g/mol. The number of benzene rings is 2. The summed E-state index contributed by atoms with van der Waals surface area (Å²) in [5, 5.41) is 21.4. The van der Waals surface area contributed by atoms with E-state index in [1.807, 2.05) is 52.0 Å². The van der Waals surface area contributed by atoms with E-state index in [9.17, 15) is 47.9 Å². The van der Waals surface area contributed by atoms with Crippen LogP contribution in [0, 0.1) is 11.8 Å². The van der Waals surface area contributed by atoms with Crippen LogP contribution < -0.4 is 59.7 Å². The van der Waals surface area contributed by atoms with E-state index in [4.69, 9.17) is 17.2 Å². The highest BCUT2D eigenvalue weighted by molar-refractivity contribution is 7.80. The Morgan fingerprint density at radius 1 is 0.592 bits per heavy atom. The number of para-hydroxylation sites is 1. The number of nitrogens with two attached hydrogens (primary N) is 3. The number of aromatic amines is 2. The number of aromatic nitrogens is 3. The summed E-state index contributed by atoms with van der Waals surface area (Å²) in [6.45, 7) is 8.07. The summed E-state index contributed by atoms with van der Waals surface area (Å²) in [6.07, 6.45) is 4.37. The van der Waals surface area contributed by atoms with Crippen LogP contribution in [0.5, 0.6) is 0 Å². The SMILES string of the molecule is CC(C)C[C@H](NC(=O)[C@H](CC(C)C)NC(=O)[C@H](Cc1cnc[nH]1)NC(=O)CNC(=O)[C@H](CS)NC(=O)[C@H](C)NC(=O)[C@H](Cc1c[nH]c2ccccc12)NC(=O)[C@H](CCC(N)=O)NC(=O)[C@H](N)Cc1ccccc1)C(N)=O. The number of nitrogens with zero attached hydrogens (tertiary/aromatic N) is 1. The molecule has 0 fully saturated rings. The molecule has 10 amide bonds. The molecule has 0 saturated heterocycles. The maximum atomic E-state index is 14.1. The third kappa shape index (κ3) is 19.8. The minimum absolute atomic E-state index is 0.0216. The summed E-state index contributed by atoms with van der Waals surface area (Å²) in [5.74, 6) is -8.03. The summed E-state index contributed by atoms with van der Waals surface area (Å²) in [7, 11) is 0. The van der Waals surface area contributed by atoms with E-state index in [2.05, 4.69) is 70.1 Å². The molecule has 0 saturated carbocycles. The van der Waals surface area contributed by atoms with E-state index < -0.39 is 114 Å². The Kier molecular flexibility index (Phi) is 23.9. The van der Waals surface area contributed by atoms with Crippen LogP contribution in [0.3, 0.4) is 0 Å². The highest BCUT2D eigenvalue weighted by Crippen LogP contribution is 2.20. The molecule has 2 heterocycles. The van der Waals surface area contributed by atoms with Gasteiger partial charge in [-0.2, -0.15) is 12.6 Å². The Bertz CT molecular complexity index is 2630. The first-order chi connectivity index (χ1) is 36.0. The first kappa shape index (κ1) is 60.8. The molecule has 0 aliphatic rings. The van der Waals surface area contributed by atoms with Gasteiger partial charge in [0.15, 0.2) is 0 Å². The van der Waals surface area contributed by atoms with Crippen LogP contribution in [-0.2, 0) is 67.2 Å². The summed E-state index contributed by atoms with van der Waals surface area (Å²) in [4.78, 5) is 143. The van der Waals surface area contributed by atoms with Crippen molar-refractivity contribution in [2.24, 2.45) is 29.0 Å². The second kappa shape index (κ2) is 29.9. The second-order valence-corrected chi connectivity index (χ2v) is 19.7. The van der Waals surface area contributed by atoms with Gasteiger partial charge in [-0.3, -0.25) is 47.9 Å². The lowest BCUT2D eigenvalue weighted by Gasteiger charge is -2.26. The van der Waals surface area contributed by atoms with Crippen molar-refractivity contribution in [1.82, 2.24) is 57.5 Å². The molecule has 0 bridgehead atoms. The molecule has 0 spiro atoms. The Morgan fingerprint density at radius 3 is 1.79 bits per heavy atom. The Labute approximate surface area is 445 Å². The Balaban J connectivity index is 1.43. The average Bonchev–Trinajstić information content (AvgIpc) is 4.05. The largest absolute Gasteiger partial charge is 0.370 e. The number of nitrogens with one attached hydrogen (secondary N) is 10. The van der Waals surface area contributed by atoms with Crippen molar-refractivity contribution in [2.75, 3.05) is 12.3 Å². The van der Waals surface area contributed by atoms with Gasteiger partial charge in [0, 0.05) is 54.0 Å². The van der Waals surface area contributed by atoms with Crippen molar-refractivity contribution in [3.63, 3.8) is 0 Å². The number of primary amides is 2. The number of carbonyl (C=O) groups excluding carboxylic acids is 10. The highest BCUT2D eigenvalue weighted by Gasteiger charge is 2.33. The van der Waals surface area contributed by atoms with Crippen molar-refractivity contribution in [3.8, 4) is 0 Å². The van der Waals surface area contributed by atoms with Gasteiger partial charge in [-0.15, -0.1) is 0 Å². The highest BCUT2D eigenvalue weighted by atomic mass is 32.1. The fourth-order valence-electron chi connectivity index (χ4n) is 7.99. The molecule has 25 heteroatoms. The minimum Gasteiger partial charge on any atom is -0.370 e. The number of H-pyrrole nitrogens is 2. The molecule has 0 aliphatic carbocycles. The maximum Gasteiger partial charge on any atom is 0.243 e. The van der Waals surface area contributed by atoms with Crippen molar-refractivity contribution in [3.05, 3.63) is 90.1 Å². The quantitative estimate of drug-likeness (QED) is 0.0258. The van der Waals surface area contributed by atoms with E-state index in [1.54, 1.807) is 36.5 Å². The van der Waals surface area contributed by atoms with Crippen LogP contribution in [0.2, 0.25) is 0 Å². The third-order valence-electron chi connectivity index (χ3n) is 12.0. The predicted octanol–water partition coefficient (Wildman–Crippen LogP) is -1.45. The number of hydrogen-bond donors (Lipinski definition) is 14. The van der Waals surface area contributed by atoms with Crippen LogP contribution in [0.4, 0.5) is 0 Å².